The van der Waals surface area contributed by atoms with Crippen LogP contribution in [0.15, 0.2) is 18.3 Å². The molecule has 0 saturated heterocycles. The lowest BCUT2D eigenvalue weighted by Crippen LogP contribution is -2.31. The second-order valence-electron chi connectivity index (χ2n) is 4.13. The molecular weight excluding hydrogens is 258 g/mol. The van der Waals surface area contributed by atoms with E-state index in [-0.39, 0.29) is 5.91 Å². The van der Waals surface area contributed by atoms with Gasteiger partial charge in [0.15, 0.2) is 0 Å². The number of carbonyl (C=O) groups excluding carboxylic acids is 2. The van der Waals surface area contributed by atoms with Crippen molar-refractivity contribution < 1.29 is 14.3 Å². The number of nitrogens with one attached hydrogen (secondary N) is 1. The number of aromatic nitrogens is 1. The van der Waals surface area contributed by atoms with Crippen LogP contribution in [0.25, 0.3) is 0 Å². The summed E-state index contributed by atoms with van der Waals surface area (Å²) in [4.78, 5) is 29.3. The van der Waals surface area contributed by atoms with Gasteiger partial charge in [-0.05, 0) is 26.0 Å². The summed E-state index contributed by atoms with van der Waals surface area (Å²) in [5.74, 6) is 0.0698. The van der Waals surface area contributed by atoms with E-state index in [9.17, 15) is 9.59 Å². The molecule has 6 nitrogen and oxygen atoms in total. The van der Waals surface area contributed by atoms with Gasteiger partial charge in [-0.3, -0.25) is 4.79 Å². The molecule has 20 heavy (non-hydrogen) atoms. The number of anilines is 1. The summed E-state index contributed by atoms with van der Waals surface area (Å²) in [5, 5.41) is 3.00. The molecule has 0 atom stereocenters. The molecule has 0 aliphatic heterocycles. The van der Waals surface area contributed by atoms with Crippen molar-refractivity contribution >= 4 is 17.7 Å². The molecule has 1 heterocycles. The van der Waals surface area contributed by atoms with Crippen molar-refractivity contribution in [3.63, 3.8) is 0 Å². The monoisotopic (exact) mass is 279 g/mol. The molecule has 0 fully saturated rings. The van der Waals surface area contributed by atoms with E-state index >= 15 is 0 Å². The molecule has 0 unspecified atom stereocenters. The Morgan fingerprint density at radius 1 is 1.35 bits per heavy atom. The van der Waals surface area contributed by atoms with Crippen LogP contribution in [0.1, 0.15) is 30.6 Å². The van der Waals surface area contributed by atoms with E-state index in [4.69, 9.17) is 0 Å². The van der Waals surface area contributed by atoms with E-state index in [2.05, 4.69) is 15.0 Å². The molecule has 6 heteroatoms. The lowest BCUT2D eigenvalue weighted by molar-refractivity contribution is -0.130. The summed E-state index contributed by atoms with van der Waals surface area (Å²) in [6.07, 6.45) is 1.94. The van der Waals surface area contributed by atoms with Crippen LogP contribution in [0.2, 0.25) is 0 Å². The van der Waals surface area contributed by atoms with Crippen LogP contribution >= 0.6 is 0 Å². The summed E-state index contributed by atoms with van der Waals surface area (Å²) >= 11 is 0. The fourth-order valence-electron chi connectivity index (χ4n) is 1.84. The molecule has 0 aliphatic carbocycles. The summed E-state index contributed by atoms with van der Waals surface area (Å²) in [6, 6.07) is 3.30. The van der Waals surface area contributed by atoms with Crippen molar-refractivity contribution in [1.82, 2.24) is 9.88 Å². The van der Waals surface area contributed by atoms with Gasteiger partial charge in [0.25, 0.3) is 0 Å². The fourth-order valence-corrected chi connectivity index (χ4v) is 1.84. The van der Waals surface area contributed by atoms with Crippen LogP contribution in [0.3, 0.4) is 0 Å². The quantitative estimate of drug-likeness (QED) is 0.767. The number of carbonyl (C=O) groups is 2. The summed E-state index contributed by atoms with van der Waals surface area (Å²) in [5.41, 5.74) is 0.366. The van der Waals surface area contributed by atoms with Gasteiger partial charge in [-0.1, -0.05) is 0 Å². The molecule has 0 radical (unpaired) electrons. The van der Waals surface area contributed by atoms with Crippen LogP contribution in [0, 0.1) is 0 Å². The van der Waals surface area contributed by atoms with Gasteiger partial charge >= 0.3 is 5.97 Å². The number of hydrogen-bond donors (Lipinski definition) is 1. The van der Waals surface area contributed by atoms with Crippen molar-refractivity contribution in [3.8, 4) is 0 Å². The van der Waals surface area contributed by atoms with Gasteiger partial charge < -0.3 is 15.0 Å². The van der Waals surface area contributed by atoms with Crippen molar-refractivity contribution in [3.05, 3.63) is 23.9 Å². The zero-order valence-corrected chi connectivity index (χ0v) is 12.2. The number of hydrogen-bond acceptors (Lipinski definition) is 5. The minimum absolute atomic E-state index is 0.0815. The zero-order chi connectivity index (χ0) is 15.0. The van der Waals surface area contributed by atoms with E-state index in [1.807, 2.05) is 13.8 Å². The SMILES string of the molecule is CCN(CC)C(=O)CCNc1ncccc1C(=O)OC. The minimum Gasteiger partial charge on any atom is -0.465 e. The highest BCUT2D eigenvalue weighted by molar-refractivity contribution is 5.94. The highest BCUT2D eigenvalue weighted by atomic mass is 16.5. The molecule has 0 aromatic carbocycles. The molecule has 1 N–H and O–H groups in total. The highest BCUT2D eigenvalue weighted by Crippen LogP contribution is 2.12. The van der Waals surface area contributed by atoms with Crippen molar-refractivity contribution in [2.75, 3.05) is 32.1 Å². The van der Waals surface area contributed by atoms with Crippen LogP contribution in [-0.2, 0) is 9.53 Å². The Bertz CT molecular complexity index is 459. The van der Waals surface area contributed by atoms with Gasteiger partial charge in [0.1, 0.15) is 11.4 Å². The number of ether oxygens (including phenoxy) is 1. The van der Waals surface area contributed by atoms with Gasteiger partial charge in [-0.2, -0.15) is 0 Å². The third-order valence-corrected chi connectivity index (χ3v) is 2.96. The summed E-state index contributed by atoms with van der Waals surface area (Å²) < 4.78 is 4.68. The number of pyridine rings is 1. The maximum absolute atomic E-state index is 11.8. The Labute approximate surface area is 119 Å². The normalized spacial score (nSPS) is 9.95. The maximum Gasteiger partial charge on any atom is 0.341 e. The molecular formula is C14H21N3O3. The Kier molecular flexibility index (Phi) is 6.49. The van der Waals surface area contributed by atoms with E-state index in [1.165, 1.54) is 7.11 Å². The number of methoxy groups -OCH3 is 1. The van der Waals surface area contributed by atoms with Crippen molar-refractivity contribution in [2.45, 2.75) is 20.3 Å². The second-order valence-corrected chi connectivity index (χ2v) is 4.13. The van der Waals surface area contributed by atoms with Gasteiger partial charge in [-0.25, -0.2) is 9.78 Å². The number of esters is 1. The highest BCUT2D eigenvalue weighted by Gasteiger charge is 2.13. The first-order chi connectivity index (χ1) is 9.63. The van der Waals surface area contributed by atoms with Crippen LogP contribution in [-0.4, -0.2) is 48.5 Å². The predicted molar refractivity (Wildman–Crippen MR) is 76.6 cm³/mol. The average Bonchev–Trinajstić information content (AvgIpc) is 2.48. The molecule has 1 aromatic rings. The topological polar surface area (TPSA) is 71.5 Å². The van der Waals surface area contributed by atoms with Crippen LogP contribution in [0.5, 0.6) is 0 Å². The molecule has 110 valence electrons. The Hall–Kier alpha value is -2.11. The first-order valence-electron chi connectivity index (χ1n) is 6.69. The standard InChI is InChI=1S/C14H21N3O3/c1-4-17(5-2)12(18)8-10-16-13-11(14(19)20-3)7-6-9-15-13/h6-7,9H,4-5,8,10H2,1-3H3,(H,15,16). The Morgan fingerprint density at radius 3 is 2.65 bits per heavy atom. The number of rotatable bonds is 7. The summed E-state index contributed by atoms with van der Waals surface area (Å²) in [7, 11) is 1.32. The first kappa shape index (κ1) is 15.9. The third kappa shape index (κ3) is 4.22. The zero-order valence-electron chi connectivity index (χ0n) is 12.2. The van der Waals surface area contributed by atoms with E-state index in [0.717, 1.165) is 0 Å². The van der Waals surface area contributed by atoms with Gasteiger partial charge in [-0.15, -0.1) is 0 Å². The largest absolute Gasteiger partial charge is 0.465 e. The van der Waals surface area contributed by atoms with E-state index < -0.39 is 5.97 Å². The fraction of sp³-hybridized carbons (Fsp3) is 0.500. The predicted octanol–water partition coefficient (Wildman–Crippen LogP) is 1.54. The second kappa shape index (κ2) is 8.14. The van der Waals surface area contributed by atoms with Crippen LogP contribution < -0.4 is 5.32 Å². The summed E-state index contributed by atoms with van der Waals surface area (Å²) in [6.45, 7) is 5.72. The van der Waals surface area contributed by atoms with Crippen molar-refractivity contribution in [1.29, 1.82) is 0 Å². The van der Waals surface area contributed by atoms with E-state index in [0.29, 0.717) is 37.4 Å². The molecule has 1 rings (SSSR count). The smallest absolute Gasteiger partial charge is 0.341 e. The lowest BCUT2D eigenvalue weighted by atomic mass is 10.2. The van der Waals surface area contributed by atoms with Crippen molar-refractivity contribution in [2.24, 2.45) is 0 Å². The lowest BCUT2D eigenvalue weighted by Gasteiger charge is -2.18. The third-order valence-electron chi connectivity index (χ3n) is 2.96. The van der Waals surface area contributed by atoms with Gasteiger partial charge in [0, 0.05) is 32.3 Å². The number of nitrogens with zero attached hydrogens (tertiary/aromatic N) is 2. The average molecular weight is 279 g/mol. The van der Waals surface area contributed by atoms with Gasteiger partial charge in [0.2, 0.25) is 5.91 Å². The van der Waals surface area contributed by atoms with E-state index in [1.54, 1.807) is 23.2 Å². The molecule has 0 saturated carbocycles. The van der Waals surface area contributed by atoms with Gasteiger partial charge in [0.05, 0.1) is 7.11 Å². The minimum atomic E-state index is -0.448. The Balaban J connectivity index is 2.58. The molecule has 1 aromatic heterocycles. The molecule has 0 aliphatic rings. The molecule has 1 amide bonds. The first-order valence-corrected chi connectivity index (χ1v) is 6.69. The van der Waals surface area contributed by atoms with Crippen LogP contribution in [0.4, 0.5) is 5.82 Å². The number of amides is 1. The molecule has 0 bridgehead atoms. The molecule has 0 spiro atoms. The Morgan fingerprint density at radius 2 is 2.05 bits per heavy atom. The maximum atomic E-state index is 11.8.